The molecule has 0 fully saturated rings. The molecule has 1 atom stereocenters. The number of rotatable bonds is 3. The molecular weight excluding hydrogens is 193 g/mol. The summed E-state index contributed by atoms with van der Waals surface area (Å²) in [4.78, 5) is 3.78. The number of alkyl halides is 3. The number of nitrogens with zero attached hydrogens (tertiary/aromatic N) is 1. The summed E-state index contributed by atoms with van der Waals surface area (Å²) in [6.07, 6.45) is -2.07. The van der Waals surface area contributed by atoms with Crippen molar-refractivity contribution in [3.8, 4) is 0 Å². The minimum Gasteiger partial charge on any atom is -0.313 e. The summed E-state index contributed by atoms with van der Waals surface area (Å²) in [6.45, 7) is 0. The molecule has 1 rings (SSSR count). The van der Waals surface area contributed by atoms with Crippen molar-refractivity contribution in [1.29, 1.82) is 0 Å². The van der Waals surface area contributed by atoms with E-state index in [-0.39, 0.29) is 0 Å². The molecule has 0 aliphatic rings. The zero-order valence-electron chi connectivity index (χ0n) is 7.67. The molecule has 1 aromatic heterocycles. The molecule has 0 aliphatic heterocycles. The van der Waals surface area contributed by atoms with Gasteiger partial charge in [-0.05, 0) is 18.7 Å². The van der Waals surface area contributed by atoms with E-state index in [0.29, 0.717) is 5.56 Å². The summed E-state index contributed by atoms with van der Waals surface area (Å²) < 4.78 is 36.4. The molecule has 0 saturated heterocycles. The van der Waals surface area contributed by atoms with Crippen LogP contribution in [0.2, 0.25) is 0 Å². The highest BCUT2D eigenvalue weighted by Crippen LogP contribution is 2.28. The van der Waals surface area contributed by atoms with Crippen LogP contribution in [0.5, 0.6) is 0 Å². The minimum absolute atomic E-state index is 0.548. The first kappa shape index (κ1) is 11.0. The van der Waals surface area contributed by atoms with Gasteiger partial charge in [0.2, 0.25) is 0 Å². The summed E-state index contributed by atoms with van der Waals surface area (Å²) in [6, 6.07) is 2.53. The van der Waals surface area contributed by atoms with Crippen LogP contribution < -0.4 is 5.32 Å². The summed E-state index contributed by atoms with van der Waals surface area (Å²) in [7, 11) is 1.50. The average Bonchev–Trinajstić information content (AvgIpc) is 2.14. The second kappa shape index (κ2) is 4.41. The smallest absolute Gasteiger partial charge is 0.313 e. The third kappa shape index (κ3) is 3.33. The van der Waals surface area contributed by atoms with Gasteiger partial charge < -0.3 is 5.32 Å². The molecule has 0 spiro atoms. The van der Waals surface area contributed by atoms with Crippen molar-refractivity contribution in [2.75, 3.05) is 7.05 Å². The van der Waals surface area contributed by atoms with Crippen LogP contribution >= 0.6 is 0 Å². The van der Waals surface area contributed by atoms with Gasteiger partial charge in [-0.1, -0.05) is 6.07 Å². The fourth-order valence-electron chi connectivity index (χ4n) is 1.20. The van der Waals surface area contributed by atoms with Gasteiger partial charge in [0.15, 0.2) is 0 Å². The average molecular weight is 204 g/mol. The lowest BCUT2D eigenvalue weighted by Gasteiger charge is -2.17. The molecule has 14 heavy (non-hydrogen) atoms. The van der Waals surface area contributed by atoms with E-state index in [0.717, 1.165) is 0 Å². The van der Waals surface area contributed by atoms with Crippen molar-refractivity contribution in [3.05, 3.63) is 30.1 Å². The van der Waals surface area contributed by atoms with Crippen LogP contribution in [0.4, 0.5) is 13.2 Å². The van der Waals surface area contributed by atoms with Crippen LogP contribution in [-0.2, 0) is 0 Å². The van der Waals surface area contributed by atoms with Crippen LogP contribution in [0.15, 0.2) is 24.5 Å². The Bertz CT molecular complexity index is 271. The van der Waals surface area contributed by atoms with Crippen molar-refractivity contribution in [2.24, 2.45) is 0 Å². The van der Waals surface area contributed by atoms with Crippen molar-refractivity contribution in [1.82, 2.24) is 10.3 Å². The van der Waals surface area contributed by atoms with Crippen LogP contribution in [0.25, 0.3) is 0 Å². The van der Waals surface area contributed by atoms with Crippen LogP contribution in [0, 0.1) is 0 Å². The van der Waals surface area contributed by atoms with E-state index in [1.165, 1.54) is 19.4 Å². The number of halogens is 3. The van der Waals surface area contributed by atoms with Gasteiger partial charge in [0, 0.05) is 18.4 Å². The third-order valence-electron chi connectivity index (χ3n) is 1.87. The monoisotopic (exact) mass is 204 g/mol. The summed E-state index contributed by atoms with van der Waals surface area (Å²) in [5.74, 6) is 0. The highest BCUT2D eigenvalue weighted by atomic mass is 19.4. The van der Waals surface area contributed by atoms with Crippen molar-refractivity contribution >= 4 is 0 Å². The first-order chi connectivity index (χ1) is 6.53. The standard InChI is InChI=1S/C9H11F3N2/c1-13-8(5-9(10,11)12)7-3-2-4-14-6-7/h2-4,6,8,13H,5H2,1H3. The molecule has 0 aliphatic carbocycles. The van der Waals surface area contributed by atoms with Gasteiger partial charge in [0.05, 0.1) is 6.42 Å². The van der Waals surface area contributed by atoms with E-state index in [2.05, 4.69) is 10.3 Å². The molecule has 0 saturated carbocycles. The Balaban J connectivity index is 2.73. The maximum absolute atomic E-state index is 12.1. The van der Waals surface area contributed by atoms with Gasteiger partial charge in [0.1, 0.15) is 0 Å². The second-order valence-electron chi connectivity index (χ2n) is 2.95. The predicted octanol–water partition coefficient (Wildman–Crippen LogP) is 2.29. The summed E-state index contributed by atoms with van der Waals surface area (Å²) in [5.41, 5.74) is 0.548. The quantitative estimate of drug-likeness (QED) is 0.817. The molecule has 78 valence electrons. The fraction of sp³-hybridized carbons (Fsp3) is 0.444. The lowest BCUT2D eigenvalue weighted by atomic mass is 10.1. The molecule has 1 unspecified atom stereocenters. The molecule has 0 bridgehead atoms. The third-order valence-corrected chi connectivity index (χ3v) is 1.87. The number of hydrogen-bond donors (Lipinski definition) is 1. The van der Waals surface area contributed by atoms with Crippen molar-refractivity contribution < 1.29 is 13.2 Å². The molecule has 1 aromatic rings. The highest BCUT2D eigenvalue weighted by Gasteiger charge is 2.31. The zero-order chi connectivity index (χ0) is 10.6. The molecule has 5 heteroatoms. The first-order valence-corrected chi connectivity index (χ1v) is 4.17. The largest absolute Gasteiger partial charge is 0.390 e. The minimum atomic E-state index is -4.16. The van der Waals surface area contributed by atoms with Crippen molar-refractivity contribution in [3.63, 3.8) is 0 Å². The van der Waals surface area contributed by atoms with Crippen molar-refractivity contribution in [2.45, 2.75) is 18.6 Å². The molecule has 0 amide bonds. The van der Waals surface area contributed by atoms with E-state index in [1.54, 1.807) is 12.1 Å². The lowest BCUT2D eigenvalue weighted by Crippen LogP contribution is -2.23. The topological polar surface area (TPSA) is 24.9 Å². The highest BCUT2D eigenvalue weighted by molar-refractivity contribution is 5.13. The van der Waals surface area contributed by atoms with Gasteiger partial charge in [-0.25, -0.2) is 0 Å². The summed E-state index contributed by atoms with van der Waals surface area (Å²) in [5, 5.41) is 2.61. The Morgan fingerprint density at radius 3 is 2.64 bits per heavy atom. The molecule has 0 radical (unpaired) electrons. The van der Waals surface area contributed by atoms with E-state index in [9.17, 15) is 13.2 Å². The summed E-state index contributed by atoms with van der Waals surface area (Å²) >= 11 is 0. The Labute approximate surface area is 80.2 Å². The first-order valence-electron chi connectivity index (χ1n) is 4.17. The maximum Gasteiger partial charge on any atom is 0.390 e. The van der Waals surface area contributed by atoms with Crippen LogP contribution in [-0.4, -0.2) is 18.2 Å². The van der Waals surface area contributed by atoms with E-state index in [1.807, 2.05) is 0 Å². The Kier molecular flexibility index (Phi) is 3.46. The fourth-order valence-corrected chi connectivity index (χ4v) is 1.20. The Morgan fingerprint density at radius 1 is 1.50 bits per heavy atom. The molecule has 1 N–H and O–H groups in total. The molecule has 0 aromatic carbocycles. The molecule has 1 heterocycles. The van der Waals surface area contributed by atoms with E-state index < -0.39 is 18.6 Å². The number of nitrogens with one attached hydrogen (secondary N) is 1. The SMILES string of the molecule is CNC(CC(F)(F)F)c1cccnc1. The zero-order valence-corrected chi connectivity index (χ0v) is 7.67. The van der Waals surface area contributed by atoms with Gasteiger partial charge >= 0.3 is 6.18 Å². The van der Waals surface area contributed by atoms with Gasteiger partial charge in [-0.2, -0.15) is 13.2 Å². The number of hydrogen-bond acceptors (Lipinski definition) is 2. The van der Waals surface area contributed by atoms with Crippen LogP contribution in [0.3, 0.4) is 0 Å². The predicted molar refractivity (Wildman–Crippen MR) is 46.7 cm³/mol. The number of aromatic nitrogens is 1. The maximum atomic E-state index is 12.1. The van der Waals surface area contributed by atoms with Crippen LogP contribution in [0.1, 0.15) is 18.0 Å². The van der Waals surface area contributed by atoms with E-state index >= 15 is 0 Å². The van der Waals surface area contributed by atoms with Gasteiger partial charge in [-0.3, -0.25) is 4.98 Å². The Morgan fingerprint density at radius 2 is 2.21 bits per heavy atom. The Hall–Kier alpha value is -1.10. The molecular formula is C9H11F3N2. The lowest BCUT2D eigenvalue weighted by molar-refractivity contribution is -0.140. The number of pyridine rings is 1. The normalized spacial score (nSPS) is 14.0. The second-order valence-corrected chi connectivity index (χ2v) is 2.95. The van der Waals surface area contributed by atoms with E-state index in [4.69, 9.17) is 0 Å². The van der Waals surface area contributed by atoms with Gasteiger partial charge in [-0.15, -0.1) is 0 Å². The molecule has 2 nitrogen and oxygen atoms in total. The van der Waals surface area contributed by atoms with Gasteiger partial charge in [0.25, 0.3) is 0 Å².